The van der Waals surface area contributed by atoms with E-state index in [2.05, 4.69) is 11.2 Å². The third-order valence-electron chi connectivity index (χ3n) is 1.69. The molecule has 0 spiro atoms. The Morgan fingerprint density at radius 3 is 2.64 bits per heavy atom. The van der Waals surface area contributed by atoms with Crippen molar-refractivity contribution in [1.29, 1.82) is 0 Å². The molecule has 0 fully saturated rings. The second-order valence-corrected chi connectivity index (χ2v) is 2.67. The molecule has 1 aromatic carbocycles. The zero-order chi connectivity index (χ0) is 10.4. The van der Waals surface area contributed by atoms with E-state index in [1.165, 1.54) is 7.05 Å². The molecule has 0 saturated carbocycles. The maximum absolute atomic E-state index is 10.7. The first-order valence-corrected chi connectivity index (χ1v) is 4.16. The highest BCUT2D eigenvalue weighted by Crippen LogP contribution is 2.04. The summed E-state index contributed by atoms with van der Waals surface area (Å²) >= 11 is 0. The maximum Gasteiger partial charge on any atom is 0.407 e. The van der Waals surface area contributed by atoms with Gasteiger partial charge >= 0.3 is 6.09 Å². The number of nitrogens with one attached hydrogen (secondary N) is 1. The summed E-state index contributed by atoms with van der Waals surface area (Å²) in [7, 11) is 1.52. The minimum Gasteiger partial charge on any atom is -0.445 e. The molecule has 0 saturated heterocycles. The molecule has 72 valence electrons. The van der Waals surface area contributed by atoms with E-state index >= 15 is 0 Å². The molecule has 0 aliphatic carbocycles. The lowest BCUT2D eigenvalue weighted by Crippen LogP contribution is -2.18. The predicted molar refractivity (Wildman–Crippen MR) is 53.6 cm³/mol. The minimum atomic E-state index is -0.439. The zero-order valence-corrected chi connectivity index (χ0v) is 7.91. The number of carbonyl (C=O) groups excluding carboxylic acids is 1. The van der Waals surface area contributed by atoms with Crippen LogP contribution in [0, 0.1) is 12.3 Å². The van der Waals surface area contributed by atoms with Gasteiger partial charge in [-0.3, -0.25) is 0 Å². The lowest BCUT2D eigenvalue weighted by atomic mass is 10.1. The van der Waals surface area contributed by atoms with Crippen LogP contribution in [0.4, 0.5) is 4.79 Å². The Kier molecular flexibility index (Phi) is 3.57. The maximum atomic E-state index is 10.7. The summed E-state index contributed by atoms with van der Waals surface area (Å²) in [6, 6.07) is 7.28. The third kappa shape index (κ3) is 2.83. The molecule has 0 bridgehead atoms. The Morgan fingerprint density at radius 1 is 1.50 bits per heavy atom. The number of alkyl carbamates (subject to hydrolysis) is 1. The van der Waals surface area contributed by atoms with Crippen LogP contribution in [0.15, 0.2) is 24.3 Å². The number of terminal acetylenes is 1. The monoisotopic (exact) mass is 189 g/mol. The van der Waals surface area contributed by atoms with Gasteiger partial charge in [-0.25, -0.2) is 4.79 Å². The van der Waals surface area contributed by atoms with Crippen molar-refractivity contribution in [2.75, 3.05) is 7.05 Å². The van der Waals surface area contributed by atoms with Gasteiger partial charge in [-0.2, -0.15) is 0 Å². The zero-order valence-electron chi connectivity index (χ0n) is 7.91. The summed E-state index contributed by atoms with van der Waals surface area (Å²) < 4.78 is 4.85. The highest BCUT2D eigenvalue weighted by atomic mass is 16.5. The minimum absolute atomic E-state index is 0.254. The van der Waals surface area contributed by atoms with Crippen LogP contribution >= 0.6 is 0 Å². The van der Waals surface area contributed by atoms with Crippen LogP contribution < -0.4 is 5.32 Å². The summed E-state index contributed by atoms with van der Waals surface area (Å²) in [6.45, 7) is 0.254. The van der Waals surface area contributed by atoms with Crippen molar-refractivity contribution in [3.05, 3.63) is 35.4 Å². The van der Waals surface area contributed by atoms with Crippen molar-refractivity contribution in [2.24, 2.45) is 0 Å². The largest absolute Gasteiger partial charge is 0.445 e. The van der Waals surface area contributed by atoms with E-state index in [-0.39, 0.29) is 6.61 Å². The van der Waals surface area contributed by atoms with Crippen LogP contribution in [-0.2, 0) is 11.3 Å². The molecule has 3 heteroatoms. The van der Waals surface area contributed by atoms with Crippen molar-refractivity contribution in [3.8, 4) is 12.3 Å². The van der Waals surface area contributed by atoms with Crippen molar-refractivity contribution >= 4 is 6.09 Å². The fraction of sp³-hybridized carbons (Fsp3) is 0.182. The fourth-order valence-corrected chi connectivity index (χ4v) is 0.918. The summed E-state index contributed by atoms with van der Waals surface area (Å²) in [5.74, 6) is 2.51. The van der Waals surface area contributed by atoms with Crippen LogP contribution in [-0.4, -0.2) is 13.1 Å². The molecule has 0 aromatic heterocycles. The van der Waals surface area contributed by atoms with Crippen LogP contribution in [0.5, 0.6) is 0 Å². The SMILES string of the molecule is C#Cc1ccc(COC(=O)NC)cc1. The first-order valence-electron chi connectivity index (χ1n) is 4.16. The molecule has 0 heterocycles. The standard InChI is InChI=1S/C11H11NO2/c1-3-9-4-6-10(7-5-9)8-14-11(13)12-2/h1,4-7H,8H2,2H3,(H,12,13). The normalized spacial score (nSPS) is 8.86. The number of ether oxygens (including phenoxy) is 1. The Morgan fingerprint density at radius 2 is 2.14 bits per heavy atom. The van der Waals surface area contributed by atoms with Crippen LogP contribution in [0.25, 0.3) is 0 Å². The Balaban J connectivity index is 2.53. The summed E-state index contributed by atoms with van der Waals surface area (Å²) in [6.07, 6.45) is 4.76. The Bertz CT molecular complexity index is 349. The molecule has 14 heavy (non-hydrogen) atoms. The lowest BCUT2D eigenvalue weighted by Gasteiger charge is -2.03. The number of rotatable bonds is 2. The van der Waals surface area contributed by atoms with Crippen molar-refractivity contribution in [2.45, 2.75) is 6.61 Å². The fourth-order valence-electron chi connectivity index (χ4n) is 0.918. The van der Waals surface area contributed by atoms with Crippen LogP contribution in [0.3, 0.4) is 0 Å². The molecular formula is C11H11NO2. The Labute approximate surface area is 83.1 Å². The van der Waals surface area contributed by atoms with E-state index in [1.54, 1.807) is 0 Å². The molecule has 0 unspecified atom stereocenters. The third-order valence-corrected chi connectivity index (χ3v) is 1.69. The first kappa shape index (κ1) is 10.1. The molecule has 1 amide bonds. The second-order valence-electron chi connectivity index (χ2n) is 2.67. The molecule has 3 nitrogen and oxygen atoms in total. The Hall–Kier alpha value is -1.95. The van der Waals surface area contributed by atoms with Gasteiger partial charge in [0.25, 0.3) is 0 Å². The average molecular weight is 189 g/mol. The van der Waals surface area contributed by atoms with Gasteiger partial charge in [0, 0.05) is 12.6 Å². The number of carbonyl (C=O) groups is 1. The van der Waals surface area contributed by atoms with Gasteiger partial charge in [0.05, 0.1) is 0 Å². The molecular weight excluding hydrogens is 178 g/mol. The topological polar surface area (TPSA) is 38.3 Å². The number of hydrogen-bond acceptors (Lipinski definition) is 2. The second kappa shape index (κ2) is 4.93. The van der Waals surface area contributed by atoms with Crippen molar-refractivity contribution in [3.63, 3.8) is 0 Å². The summed E-state index contributed by atoms with van der Waals surface area (Å²) in [4.78, 5) is 10.7. The molecule has 0 aliphatic heterocycles. The number of amides is 1. The van der Waals surface area contributed by atoms with E-state index < -0.39 is 6.09 Å². The lowest BCUT2D eigenvalue weighted by molar-refractivity contribution is 0.142. The van der Waals surface area contributed by atoms with Gasteiger partial charge in [0.1, 0.15) is 6.61 Å². The van der Waals surface area contributed by atoms with Gasteiger partial charge in [0.2, 0.25) is 0 Å². The van der Waals surface area contributed by atoms with Crippen molar-refractivity contribution < 1.29 is 9.53 Å². The van der Waals surface area contributed by atoms with E-state index in [9.17, 15) is 4.79 Å². The quantitative estimate of drug-likeness (QED) is 0.716. The van der Waals surface area contributed by atoms with Crippen molar-refractivity contribution in [1.82, 2.24) is 5.32 Å². The molecule has 1 rings (SSSR count). The average Bonchev–Trinajstić information content (AvgIpc) is 2.26. The molecule has 1 aromatic rings. The number of hydrogen-bond donors (Lipinski definition) is 1. The highest BCUT2D eigenvalue weighted by Gasteiger charge is 1.98. The van der Waals surface area contributed by atoms with Crippen LogP contribution in [0.1, 0.15) is 11.1 Å². The summed E-state index contributed by atoms with van der Waals surface area (Å²) in [5.41, 5.74) is 1.72. The van der Waals surface area contributed by atoms with Gasteiger partial charge < -0.3 is 10.1 Å². The van der Waals surface area contributed by atoms with E-state index in [1.807, 2.05) is 24.3 Å². The van der Waals surface area contributed by atoms with E-state index in [0.29, 0.717) is 0 Å². The predicted octanol–water partition coefficient (Wildman–Crippen LogP) is 1.52. The van der Waals surface area contributed by atoms with Gasteiger partial charge in [-0.15, -0.1) is 6.42 Å². The molecule has 0 radical (unpaired) electrons. The summed E-state index contributed by atoms with van der Waals surface area (Å²) in [5, 5.41) is 2.36. The molecule has 0 aliphatic rings. The molecule has 1 N–H and O–H groups in total. The van der Waals surface area contributed by atoms with Crippen LogP contribution in [0.2, 0.25) is 0 Å². The first-order chi connectivity index (χ1) is 6.76. The van der Waals surface area contributed by atoms with Gasteiger partial charge in [-0.05, 0) is 17.7 Å². The van der Waals surface area contributed by atoms with E-state index in [0.717, 1.165) is 11.1 Å². The van der Waals surface area contributed by atoms with Gasteiger partial charge in [-0.1, -0.05) is 18.1 Å². The van der Waals surface area contributed by atoms with E-state index in [4.69, 9.17) is 11.2 Å². The highest BCUT2D eigenvalue weighted by molar-refractivity contribution is 5.66. The molecule has 0 atom stereocenters. The van der Waals surface area contributed by atoms with Gasteiger partial charge in [0.15, 0.2) is 0 Å². The smallest absolute Gasteiger partial charge is 0.407 e. The number of benzene rings is 1.